The van der Waals surface area contributed by atoms with Crippen LogP contribution in [0.3, 0.4) is 0 Å². The number of hydrogen-bond acceptors (Lipinski definition) is 2. The van der Waals surface area contributed by atoms with Crippen LogP contribution in [0, 0.1) is 0 Å². The van der Waals surface area contributed by atoms with E-state index < -0.39 is 11.9 Å². The van der Waals surface area contributed by atoms with Gasteiger partial charge in [-0.05, 0) is 25.2 Å². The quantitative estimate of drug-likeness (QED) is 0.933. The molecule has 1 N–H and O–H groups in total. The van der Waals surface area contributed by atoms with Crippen LogP contribution in [0.5, 0.6) is 0 Å². The fraction of sp³-hybridized carbons (Fsp3) is 0.250. The summed E-state index contributed by atoms with van der Waals surface area (Å²) < 4.78 is 41.1. The van der Waals surface area contributed by atoms with E-state index in [1.807, 2.05) is 0 Å². The van der Waals surface area contributed by atoms with Crippen LogP contribution in [-0.4, -0.2) is 16.8 Å². The second-order valence-electron chi connectivity index (χ2n) is 3.94. The molecule has 1 heterocycles. The molecule has 0 aliphatic rings. The summed E-state index contributed by atoms with van der Waals surface area (Å²) in [5.41, 5.74) is -0.265. The van der Waals surface area contributed by atoms with Crippen molar-refractivity contribution < 1.29 is 13.2 Å². The molecule has 0 aliphatic carbocycles. The third-order valence-corrected chi connectivity index (χ3v) is 3.03. The summed E-state index contributed by atoms with van der Waals surface area (Å²) in [7, 11) is 1.59. The number of halogens is 4. The lowest BCUT2D eigenvalue weighted by atomic mass is 10.2. The standard InChI is InChI=1S/C12H11BrF3N3/c1-17-6-8-7-18-19(11(8)12(14,15)16)10-4-2-3-9(13)5-10/h2-5,7,17H,6H2,1H3. The van der Waals surface area contributed by atoms with Gasteiger partial charge in [0.2, 0.25) is 0 Å². The highest BCUT2D eigenvalue weighted by Crippen LogP contribution is 2.33. The van der Waals surface area contributed by atoms with E-state index >= 15 is 0 Å². The van der Waals surface area contributed by atoms with Crippen LogP contribution < -0.4 is 5.32 Å². The zero-order chi connectivity index (χ0) is 14.0. The minimum absolute atomic E-state index is 0.114. The molecule has 0 bridgehead atoms. The van der Waals surface area contributed by atoms with Crippen molar-refractivity contribution >= 4 is 15.9 Å². The van der Waals surface area contributed by atoms with E-state index in [1.165, 1.54) is 6.20 Å². The maximum atomic E-state index is 13.2. The van der Waals surface area contributed by atoms with E-state index in [0.717, 1.165) is 4.68 Å². The van der Waals surface area contributed by atoms with E-state index in [0.29, 0.717) is 10.2 Å². The van der Waals surface area contributed by atoms with E-state index in [-0.39, 0.29) is 12.1 Å². The normalized spacial score (nSPS) is 11.8. The van der Waals surface area contributed by atoms with E-state index in [2.05, 4.69) is 26.3 Å². The van der Waals surface area contributed by atoms with E-state index in [9.17, 15) is 13.2 Å². The average molecular weight is 334 g/mol. The van der Waals surface area contributed by atoms with Crippen LogP contribution in [-0.2, 0) is 12.7 Å². The van der Waals surface area contributed by atoms with Gasteiger partial charge in [0.15, 0.2) is 5.69 Å². The maximum Gasteiger partial charge on any atom is 0.433 e. The van der Waals surface area contributed by atoms with Crippen molar-refractivity contribution in [3.63, 3.8) is 0 Å². The molecule has 1 aromatic heterocycles. The Balaban J connectivity index is 2.58. The predicted octanol–water partition coefficient (Wildman–Crippen LogP) is 3.37. The Hall–Kier alpha value is -1.34. The second kappa shape index (κ2) is 5.34. The second-order valence-corrected chi connectivity index (χ2v) is 4.85. The van der Waals surface area contributed by atoms with Gasteiger partial charge in [-0.1, -0.05) is 22.0 Å². The van der Waals surface area contributed by atoms with Gasteiger partial charge < -0.3 is 5.32 Å². The highest BCUT2D eigenvalue weighted by atomic mass is 79.9. The Labute approximate surface area is 116 Å². The van der Waals surface area contributed by atoms with Gasteiger partial charge in [0.1, 0.15) is 0 Å². The topological polar surface area (TPSA) is 29.9 Å². The number of nitrogens with zero attached hydrogens (tertiary/aromatic N) is 2. The molecule has 7 heteroatoms. The zero-order valence-electron chi connectivity index (χ0n) is 10.0. The Morgan fingerprint density at radius 2 is 2.11 bits per heavy atom. The molecule has 0 saturated carbocycles. The molecule has 0 saturated heterocycles. The smallest absolute Gasteiger partial charge is 0.316 e. The molecule has 19 heavy (non-hydrogen) atoms. The Kier molecular flexibility index (Phi) is 3.96. The molecule has 0 spiro atoms. The van der Waals surface area contributed by atoms with Gasteiger partial charge >= 0.3 is 6.18 Å². The van der Waals surface area contributed by atoms with Crippen molar-refractivity contribution in [2.75, 3.05) is 7.05 Å². The molecule has 0 radical (unpaired) electrons. The highest BCUT2D eigenvalue weighted by molar-refractivity contribution is 9.10. The molecule has 2 rings (SSSR count). The summed E-state index contributed by atoms with van der Waals surface area (Å²) in [4.78, 5) is 0. The SMILES string of the molecule is CNCc1cnn(-c2cccc(Br)c2)c1C(F)(F)F. The summed E-state index contributed by atoms with van der Waals surface area (Å²) in [5.74, 6) is 0. The number of aromatic nitrogens is 2. The number of rotatable bonds is 3. The first-order chi connectivity index (χ1) is 8.93. The zero-order valence-corrected chi connectivity index (χ0v) is 11.6. The van der Waals surface area contributed by atoms with Crippen molar-refractivity contribution in [1.82, 2.24) is 15.1 Å². The maximum absolute atomic E-state index is 13.2. The molecule has 3 nitrogen and oxygen atoms in total. The van der Waals surface area contributed by atoms with E-state index in [4.69, 9.17) is 0 Å². The fourth-order valence-electron chi connectivity index (χ4n) is 1.81. The lowest BCUT2D eigenvalue weighted by molar-refractivity contribution is -0.143. The third-order valence-electron chi connectivity index (χ3n) is 2.53. The molecule has 0 fully saturated rings. The summed E-state index contributed by atoms with van der Waals surface area (Å²) in [6.07, 6.45) is -3.22. The van der Waals surface area contributed by atoms with Crippen LogP contribution >= 0.6 is 15.9 Å². The Morgan fingerprint density at radius 1 is 1.37 bits per heavy atom. The van der Waals surface area contributed by atoms with Gasteiger partial charge in [-0.3, -0.25) is 0 Å². The molecule has 0 aliphatic heterocycles. The Bertz CT molecular complexity index is 578. The molecular weight excluding hydrogens is 323 g/mol. The van der Waals surface area contributed by atoms with Crippen molar-refractivity contribution in [1.29, 1.82) is 0 Å². The van der Waals surface area contributed by atoms with Crippen LogP contribution in [0.1, 0.15) is 11.3 Å². The third kappa shape index (κ3) is 2.98. The van der Waals surface area contributed by atoms with Gasteiger partial charge in [-0.15, -0.1) is 0 Å². The van der Waals surface area contributed by atoms with Crippen LogP contribution in [0.4, 0.5) is 13.2 Å². The van der Waals surface area contributed by atoms with Crippen LogP contribution in [0.15, 0.2) is 34.9 Å². The molecule has 1 aromatic carbocycles. The molecule has 0 unspecified atom stereocenters. The minimum Gasteiger partial charge on any atom is -0.316 e. The van der Waals surface area contributed by atoms with Gasteiger partial charge in [0.25, 0.3) is 0 Å². The number of hydrogen-bond donors (Lipinski definition) is 1. The number of nitrogens with one attached hydrogen (secondary N) is 1. The van der Waals surface area contributed by atoms with Crippen molar-refractivity contribution in [3.05, 3.63) is 46.2 Å². The molecule has 2 aromatic rings. The van der Waals surface area contributed by atoms with E-state index in [1.54, 1.807) is 31.3 Å². The number of benzene rings is 1. The molecular formula is C12H11BrF3N3. The van der Waals surface area contributed by atoms with Gasteiger partial charge in [-0.2, -0.15) is 18.3 Å². The first kappa shape index (κ1) is 14.1. The summed E-state index contributed by atoms with van der Waals surface area (Å²) in [5, 5.41) is 6.56. The first-order valence-corrected chi connectivity index (χ1v) is 6.27. The van der Waals surface area contributed by atoms with Gasteiger partial charge in [0, 0.05) is 16.6 Å². The Morgan fingerprint density at radius 3 is 2.68 bits per heavy atom. The average Bonchev–Trinajstić information content (AvgIpc) is 2.73. The number of alkyl halides is 3. The summed E-state index contributed by atoms with van der Waals surface area (Å²) >= 11 is 3.24. The molecule has 0 atom stereocenters. The van der Waals surface area contributed by atoms with Crippen molar-refractivity contribution in [2.24, 2.45) is 0 Å². The van der Waals surface area contributed by atoms with Crippen LogP contribution in [0.2, 0.25) is 0 Å². The molecule has 102 valence electrons. The molecule has 0 amide bonds. The monoisotopic (exact) mass is 333 g/mol. The van der Waals surface area contributed by atoms with Crippen LogP contribution in [0.25, 0.3) is 5.69 Å². The summed E-state index contributed by atoms with van der Waals surface area (Å²) in [6.45, 7) is 0.114. The fourth-order valence-corrected chi connectivity index (χ4v) is 2.20. The lowest BCUT2D eigenvalue weighted by Gasteiger charge is -2.12. The summed E-state index contributed by atoms with van der Waals surface area (Å²) in [6, 6.07) is 6.58. The van der Waals surface area contributed by atoms with Gasteiger partial charge in [0.05, 0.1) is 11.9 Å². The largest absolute Gasteiger partial charge is 0.433 e. The minimum atomic E-state index is -4.45. The van der Waals surface area contributed by atoms with Gasteiger partial charge in [-0.25, -0.2) is 4.68 Å². The first-order valence-electron chi connectivity index (χ1n) is 5.48. The highest BCUT2D eigenvalue weighted by Gasteiger charge is 2.38. The van der Waals surface area contributed by atoms with Crippen molar-refractivity contribution in [2.45, 2.75) is 12.7 Å². The predicted molar refractivity (Wildman–Crippen MR) is 69.0 cm³/mol. The van der Waals surface area contributed by atoms with Crippen molar-refractivity contribution in [3.8, 4) is 5.69 Å². The lowest BCUT2D eigenvalue weighted by Crippen LogP contribution is -2.17.